The molecule has 0 aliphatic heterocycles. The summed E-state index contributed by atoms with van der Waals surface area (Å²) < 4.78 is 13.5. The minimum atomic E-state index is 0.592. The molecule has 6 nitrogen and oxygen atoms in total. The van der Waals surface area contributed by atoms with E-state index in [9.17, 15) is 0 Å². The minimum absolute atomic E-state index is 0.592. The van der Waals surface area contributed by atoms with Crippen LogP contribution in [0.5, 0.6) is 11.5 Å². The molecule has 4 rings (SSSR count). The summed E-state index contributed by atoms with van der Waals surface area (Å²) in [5.74, 6) is 2.45. The molecule has 0 bridgehead atoms. The minimum Gasteiger partial charge on any atom is -0.493 e. The second-order valence-electron chi connectivity index (χ2n) is 7.02. The van der Waals surface area contributed by atoms with E-state index < -0.39 is 0 Å². The number of aromatic nitrogens is 4. The SMILES string of the molecule is CCOc1cc(OCC)c(CC)cc1/C=C/c1nn2c(-c3ccccc3C)nnc2s1. The molecular weight excluding hydrogens is 408 g/mol. The first-order chi connectivity index (χ1) is 15.1. The number of nitrogens with zero attached hydrogens (tertiary/aromatic N) is 4. The molecule has 0 fully saturated rings. The van der Waals surface area contributed by atoms with Gasteiger partial charge in [-0.1, -0.05) is 42.5 Å². The molecule has 0 unspecified atom stereocenters. The lowest BCUT2D eigenvalue weighted by Crippen LogP contribution is -2.00. The molecule has 0 aliphatic rings. The maximum Gasteiger partial charge on any atom is 0.235 e. The van der Waals surface area contributed by atoms with Gasteiger partial charge in [0.2, 0.25) is 4.96 Å². The molecule has 0 N–H and O–H groups in total. The summed E-state index contributed by atoms with van der Waals surface area (Å²) in [5, 5.41) is 14.2. The van der Waals surface area contributed by atoms with Crippen molar-refractivity contribution in [2.24, 2.45) is 0 Å². The zero-order valence-electron chi connectivity index (χ0n) is 18.3. The second-order valence-corrected chi connectivity index (χ2v) is 8.01. The lowest BCUT2D eigenvalue weighted by molar-refractivity contribution is 0.320. The second kappa shape index (κ2) is 9.31. The van der Waals surface area contributed by atoms with Gasteiger partial charge in [-0.05, 0) is 56.5 Å². The van der Waals surface area contributed by atoms with Crippen molar-refractivity contribution in [3.63, 3.8) is 0 Å². The van der Waals surface area contributed by atoms with Gasteiger partial charge in [-0.25, -0.2) is 0 Å². The van der Waals surface area contributed by atoms with E-state index in [0.29, 0.717) is 13.2 Å². The van der Waals surface area contributed by atoms with Gasteiger partial charge in [-0.2, -0.15) is 9.61 Å². The van der Waals surface area contributed by atoms with Crippen molar-refractivity contribution in [2.45, 2.75) is 34.1 Å². The highest BCUT2D eigenvalue weighted by atomic mass is 32.1. The summed E-state index contributed by atoms with van der Waals surface area (Å²) in [7, 11) is 0. The van der Waals surface area contributed by atoms with Crippen LogP contribution in [0.2, 0.25) is 0 Å². The molecular formula is C24H26N4O2S. The number of fused-ring (bicyclic) bond motifs is 1. The van der Waals surface area contributed by atoms with Crippen molar-refractivity contribution in [2.75, 3.05) is 13.2 Å². The van der Waals surface area contributed by atoms with Crippen LogP contribution >= 0.6 is 11.3 Å². The Bertz CT molecular complexity index is 1230. The summed E-state index contributed by atoms with van der Waals surface area (Å²) in [6, 6.07) is 12.2. The number of rotatable bonds is 8. The van der Waals surface area contributed by atoms with E-state index in [2.05, 4.69) is 36.2 Å². The van der Waals surface area contributed by atoms with Gasteiger partial charge in [0.1, 0.15) is 16.5 Å². The quantitative estimate of drug-likeness (QED) is 0.356. The average Bonchev–Trinajstić information content (AvgIpc) is 3.34. The molecule has 2 aromatic carbocycles. The van der Waals surface area contributed by atoms with Crippen LogP contribution in [-0.4, -0.2) is 33.0 Å². The van der Waals surface area contributed by atoms with Crippen LogP contribution in [0.15, 0.2) is 36.4 Å². The molecule has 0 amide bonds. The third-order valence-electron chi connectivity index (χ3n) is 4.97. The van der Waals surface area contributed by atoms with Gasteiger partial charge in [0, 0.05) is 17.2 Å². The van der Waals surface area contributed by atoms with Crippen LogP contribution in [0.4, 0.5) is 0 Å². The molecule has 2 heterocycles. The number of ether oxygens (including phenoxy) is 2. The molecule has 2 aromatic heterocycles. The molecule has 4 aromatic rings. The third kappa shape index (κ3) is 4.32. The molecule has 0 atom stereocenters. The Kier molecular flexibility index (Phi) is 6.32. The normalized spacial score (nSPS) is 11.5. The van der Waals surface area contributed by atoms with E-state index in [1.165, 1.54) is 11.3 Å². The highest BCUT2D eigenvalue weighted by Crippen LogP contribution is 2.32. The van der Waals surface area contributed by atoms with Gasteiger partial charge in [-0.3, -0.25) is 0 Å². The van der Waals surface area contributed by atoms with E-state index in [0.717, 1.165) is 56.0 Å². The van der Waals surface area contributed by atoms with Crippen molar-refractivity contribution in [1.29, 1.82) is 0 Å². The molecule has 0 aliphatic carbocycles. The van der Waals surface area contributed by atoms with Crippen molar-refractivity contribution in [3.8, 4) is 22.9 Å². The number of aryl methyl sites for hydroxylation is 2. The Labute approximate surface area is 186 Å². The van der Waals surface area contributed by atoms with Crippen molar-refractivity contribution < 1.29 is 9.47 Å². The average molecular weight is 435 g/mol. The van der Waals surface area contributed by atoms with Gasteiger partial charge in [0.25, 0.3) is 0 Å². The molecule has 160 valence electrons. The largest absolute Gasteiger partial charge is 0.493 e. The highest BCUT2D eigenvalue weighted by molar-refractivity contribution is 7.17. The van der Waals surface area contributed by atoms with Gasteiger partial charge in [0.05, 0.1) is 13.2 Å². The van der Waals surface area contributed by atoms with Crippen LogP contribution < -0.4 is 9.47 Å². The van der Waals surface area contributed by atoms with E-state index in [1.54, 1.807) is 0 Å². The standard InChI is InChI=1S/C24H26N4O2S/c1-5-17-14-18(21(30-7-3)15-20(17)29-6-2)12-13-22-27-28-23(25-26-24(28)31-22)19-11-9-8-10-16(19)4/h8-15H,5-7H2,1-4H3/b13-12+. The first-order valence-electron chi connectivity index (χ1n) is 10.5. The molecule has 0 spiro atoms. The first-order valence-corrected chi connectivity index (χ1v) is 11.3. The fourth-order valence-electron chi connectivity index (χ4n) is 3.45. The lowest BCUT2D eigenvalue weighted by Gasteiger charge is -2.14. The van der Waals surface area contributed by atoms with E-state index in [4.69, 9.17) is 14.6 Å². The zero-order valence-corrected chi connectivity index (χ0v) is 19.1. The Morgan fingerprint density at radius 2 is 1.74 bits per heavy atom. The van der Waals surface area contributed by atoms with Gasteiger partial charge >= 0.3 is 0 Å². The van der Waals surface area contributed by atoms with Crippen LogP contribution in [-0.2, 0) is 6.42 Å². The molecule has 0 saturated carbocycles. The lowest BCUT2D eigenvalue weighted by atomic mass is 10.1. The Morgan fingerprint density at radius 1 is 0.968 bits per heavy atom. The maximum atomic E-state index is 5.87. The van der Waals surface area contributed by atoms with E-state index >= 15 is 0 Å². The maximum absolute atomic E-state index is 5.87. The summed E-state index contributed by atoms with van der Waals surface area (Å²) in [4.78, 5) is 0.767. The summed E-state index contributed by atoms with van der Waals surface area (Å²) in [5.41, 5.74) is 4.34. The zero-order chi connectivity index (χ0) is 21.8. The predicted molar refractivity (Wildman–Crippen MR) is 126 cm³/mol. The molecule has 0 radical (unpaired) electrons. The fraction of sp³-hybridized carbons (Fsp3) is 0.292. The van der Waals surface area contributed by atoms with Gasteiger partial charge < -0.3 is 9.47 Å². The Morgan fingerprint density at radius 3 is 2.48 bits per heavy atom. The molecule has 7 heteroatoms. The first kappa shape index (κ1) is 21.1. The van der Waals surface area contributed by atoms with Crippen LogP contribution in [0.3, 0.4) is 0 Å². The van der Waals surface area contributed by atoms with Crippen molar-refractivity contribution in [1.82, 2.24) is 19.8 Å². The smallest absolute Gasteiger partial charge is 0.235 e. The number of hydrogen-bond donors (Lipinski definition) is 0. The fourth-order valence-corrected chi connectivity index (χ4v) is 4.19. The monoisotopic (exact) mass is 434 g/mol. The number of benzene rings is 2. The molecule has 0 saturated heterocycles. The Balaban J connectivity index is 1.69. The third-order valence-corrected chi connectivity index (χ3v) is 5.84. The predicted octanol–water partition coefficient (Wildman–Crippen LogP) is 5.69. The molecule has 31 heavy (non-hydrogen) atoms. The summed E-state index contributed by atoms with van der Waals surface area (Å²) >= 11 is 1.50. The van der Waals surface area contributed by atoms with E-state index in [1.807, 2.05) is 54.8 Å². The number of hydrogen-bond acceptors (Lipinski definition) is 6. The van der Waals surface area contributed by atoms with Gasteiger partial charge in [-0.15, -0.1) is 10.2 Å². The summed E-state index contributed by atoms with van der Waals surface area (Å²) in [6.07, 6.45) is 4.93. The highest BCUT2D eigenvalue weighted by Gasteiger charge is 2.14. The van der Waals surface area contributed by atoms with Crippen LogP contribution in [0.1, 0.15) is 42.5 Å². The van der Waals surface area contributed by atoms with Crippen molar-refractivity contribution >= 4 is 28.4 Å². The van der Waals surface area contributed by atoms with Crippen LogP contribution in [0, 0.1) is 6.92 Å². The summed E-state index contributed by atoms with van der Waals surface area (Å²) in [6.45, 7) is 9.39. The van der Waals surface area contributed by atoms with Gasteiger partial charge in [0.15, 0.2) is 5.82 Å². The van der Waals surface area contributed by atoms with Crippen LogP contribution in [0.25, 0.3) is 28.5 Å². The topological polar surface area (TPSA) is 61.5 Å². The van der Waals surface area contributed by atoms with Crippen molar-refractivity contribution in [3.05, 3.63) is 58.1 Å². The van der Waals surface area contributed by atoms with E-state index in [-0.39, 0.29) is 0 Å². The Hall–Kier alpha value is -3.19.